The molecule has 2 aliphatic rings. The highest BCUT2D eigenvalue weighted by molar-refractivity contribution is 9.10. The maximum absolute atomic E-state index is 5.97. The Morgan fingerprint density at radius 1 is 1.13 bits per heavy atom. The van der Waals surface area contributed by atoms with E-state index in [0.29, 0.717) is 0 Å². The first kappa shape index (κ1) is 17.2. The molecule has 23 heavy (non-hydrogen) atoms. The molecule has 128 valence electrons. The Balaban J connectivity index is 1.44. The van der Waals surface area contributed by atoms with Crippen LogP contribution in [0.15, 0.2) is 22.7 Å². The van der Waals surface area contributed by atoms with E-state index in [2.05, 4.69) is 39.0 Å². The van der Waals surface area contributed by atoms with Crippen LogP contribution in [-0.2, 0) is 4.74 Å². The van der Waals surface area contributed by atoms with Crippen LogP contribution in [0.3, 0.4) is 0 Å². The maximum atomic E-state index is 5.97. The van der Waals surface area contributed by atoms with Crippen molar-refractivity contribution in [1.29, 1.82) is 0 Å². The van der Waals surface area contributed by atoms with Gasteiger partial charge in [0.2, 0.25) is 0 Å². The fourth-order valence-corrected chi connectivity index (χ4v) is 4.13. The first-order valence-electron chi connectivity index (χ1n) is 9.05. The Morgan fingerprint density at radius 2 is 1.91 bits per heavy atom. The van der Waals surface area contributed by atoms with Gasteiger partial charge in [0.1, 0.15) is 5.75 Å². The van der Waals surface area contributed by atoms with E-state index in [1.165, 1.54) is 37.7 Å². The zero-order valence-electron chi connectivity index (χ0n) is 13.9. The molecule has 1 heterocycles. The third-order valence-corrected chi connectivity index (χ3v) is 5.63. The van der Waals surface area contributed by atoms with E-state index in [1.54, 1.807) is 0 Å². The minimum Gasteiger partial charge on any atom is -0.492 e. The lowest BCUT2D eigenvalue weighted by Crippen LogP contribution is -2.37. The summed E-state index contributed by atoms with van der Waals surface area (Å²) in [6.07, 6.45) is 7.90. The normalized spacial score (nSPS) is 20.6. The monoisotopic (exact) mass is 381 g/mol. The fraction of sp³-hybridized carbons (Fsp3) is 0.684. The summed E-state index contributed by atoms with van der Waals surface area (Å²) in [4.78, 5) is 2.45. The van der Waals surface area contributed by atoms with E-state index in [0.717, 1.165) is 62.0 Å². The van der Waals surface area contributed by atoms with Crippen LogP contribution in [-0.4, -0.2) is 44.4 Å². The van der Waals surface area contributed by atoms with Gasteiger partial charge in [-0.1, -0.05) is 25.3 Å². The van der Waals surface area contributed by atoms with Crippen molar-refractivity contribution in [2.45, 2.75) is 44.4 Å². The summed E-state index contributed by atoms with van der Waals surface area (Å²) in [5.41, 5.74) is 1.47. The lowest BCUT2D eigenvalue weighted by molar-refractivity contribution is 0.0358. The molecule has 1 aromatic rings. The molecule has 1 saturated heterocycles. The minimum atomic E-state index is 0.746. The van der Waals surface area contributed by atoms with E-state index in [1.807, 2.05) is 0 Å². The maximum Gasteiger partial charge on any atom is 0.133 e. The van der Waals surface area contributed by atoms with Gasteiger partial charge in [-0.2, -0.15) is 0 Å². The molecule has 0 aromatic heterocycles. The molecule has 0 unspecified atom stereocenters. The van der Waals surface area contributed by atoms with Crippen LogP contribution < -0.4 is 4.74 Å². The Bertz CT molecular complexity index is 482. The number of hydrogen-bond acceptors (Lipinski definition) is 3. The van der Waals surface area contributed by atoms with Crippen LogP contribution in [0.25, 0.3) is 0 Å². The van der Waals surface area contributed by atoms with E-state index in [4.69, 9.17) is 9.47 Å². The quantitative estimate of drug-likeness (QED) is 0.672. The van der Waals surface area contributed by atoms with Crippen molar-refractivity contribution in [3.63, 3.8) is 0 Å². The number of halogens is 1. The van der Waals surface area contributed by atoms with Gasteiger partial charge < -0.3 is 9.47 Å². The van der Waals surface area contributed by atoms with E-state index in [-0.39, 0.29) is 0 Å². The van der Waals surface area contributed by atoms with Gasteiger partial charge in [0.25, 0.3) is 0 Å². The van der Waals surface area contributed by atoms with Gasteiger partial charge in [0.05, 0.1) is 24.3 Å². The predicted molar refractivity (Wildman–Crippen MR) is 97.3 cm³/mol. The lowest BCUT2D eigenvalue weighted by atomic mass is 9.84. The van der Waals surface area contributed by atoms with Crippen molar-refractivity contribution in [2.75, 3.05) is 39.5 Å². The summed E-state index contributed by atoms with van der Waals surface area (Å²) in [5.74, 6) is 1.72. The Morgan fingerprint density at radius 3 is 2.65 bits per heavy atom. The molecular weight excluding hydrogens is 354 g/mol. The summed E-state index contributed by atoms with van der Waals surface area (Å²) in [5, 5.41) is 0. The van der Waals surface area contributed by atoms with Crippen LogP contribution in [0, 0.1) is 0 Å². The van der Waals surface area contributed by atoms with Gasteiger partial charge in [0, 0.05) is 19.6 Å². The molecule has 1 aliphatic carbocycles. The third-order valence-electron chi connectivity index (χ3n) is 5.01. The zero-order valence-corrected chi connectivity index (χ0v) is 15.5. The van der Waals surface area contributed by atoms with Crippen molar-refractivity contribution in [3.05, 3.63) is 28.2 Å². The Kier molecular flexibility index (Phi) is 6.79. The topological polar surface area (TPSA) is 21.7 Å². The molecule has 0 atom stereocenters. The summed E-state index contributed by atoms with van der Waals surface area (Å²) in [6.45, 7) is 5.73. The molecule has 3 rings (SSSR count). The predicted octanol–water partition coefficient (Wildman–Crippen LogP) is 4.60. The SMILES string of the molecule is Brc1cc(C2CCCCC2)ccc1OCCCN1CCOCC1. The van der Waals surface area contributed by atoms with Crippen molar-refractivity contribution < 1.29 is 9.47 Å². The van der Waals surface area contributed by atoms with Crippen LogP contribution in [0.2, 0.25) is 0 Å². The number of nitrogens with zero attached hydrogens (tertiary/aromatic N) is 1. The highest BCUT2D eigenvalue weighted by Gasteiger charge is 2.16. The van der Waals surface area contributed by atoms with Crippen molar-refractivity contribution in [1.82, 2.24) is 4.90 Å². The van der Waals surface area contributed by atoms with E-state index in [9.17, 15) is 0 Å². The molecule has 0 bridgehead atoms. The number of morpholine rings is 1. The van der Waals surface area contributed by atoms with E-state index < -0.39 is 0 Å². The Labute approximate surface area is 148 Å². The second-order valence-electron chi connectivity index (χ2n) is 6.68. The first-order valence-corrected chi connectivity index (χ1v) is 9.84. The summed E-state index contributed by atoms with van der Waals surface area (Å²) >= 11 is 3.69. The van der Waals surface area contributed by atoms with Crippen molar-refractivity contribution in [3.8, 4) is 5.75 Å². The summed E-state index contributed by atoms with van der Waals surface area (Å²) < 4.78 is 12.4. The van der Waals surface area contributed by atoms with Crippen LogP contribution >= 0.6 is 15.9 Å². The van der Waals surface area contributed by atoms with Gasteiger partial charge in [0.15, 0.2) is 0 Å². The van der Waals surface area contributed by atoms with Crippen LogP contribution in [0.1, 0.15) is 50.0 Å². The molecule has 2 fully saturated rings. The highest BCUT2D eigenvalue weighted by atomic mass is 79.9. The molecule has 1 aromatic carbocycles. The fourth-order valence-electron chi connectivity index (χ4n) is 3.62. The number of hydrogen-bond donors (Lipinski definition) is 0. The van der Waals surface area contributed by atoms with Crippen molar-refractivity contribution in [2.24, 2.45) is 0 Å². The second kappa shape index (κ2) is 9.05. The molecule has 0 spiro atoms. The second-order valence-corrected chi connectivity index (χ2v) is 7.54. The molecule has 1 saturated carbocycles. The first-order chi connectivity index (χ1) is 11.3. The smallest absolute Gasteiger partial charge is 0.133 e. The average Bonchev–Trinajstić information content (AvgIpc) is 2.61. The Hall–Kier alpha value is -0.580. The standard InChI is InChI=1S/C19H28BrNO2/c20-18-15-17(16-5-2-1-3-6-16)7-8-19(18)23-12-4-9-21-10-13-22-14-11-21/h7-8,15-16H,1-6,9-14H2. The van der Waals surface area contributed by atoms with Crippen LogP contribution in [0.4, 0.5) is 0 Å². The molecule has 0 amide bonds. The molecule has 1 aliphatic heterocycles. The van der Waals surface area contributed by atoms with Gasteiger partial charge in [-0.25, -0.2) is 0 Å². The van der Waals surface area contributed by atoms with Crippen molar-refractivity contribution >= 4 is 15.9 Å². The molecule has 0 N–H and O–H groups in total. The summed E-state index contributed by atoms with van der Waals surface area (Å²) in [6, 6.07) is 6.67. The van der Waals surface area contributed by atoms with Gasteiger partial charge >= 0.3 is 0 Å². The van der Waals surface area contributed by atoms with Gasteiger partial charge in [-0.3, -0.25) is 4.90 Å². The number of benzene rings is 1. The third kappa shape index (κ3) is 5.20. The minimum absolute atomic E-state index is 0.746. The average molecular weight is 382 g/mol. The van der Waals surface area contributed by atoms with Gasteiger partial charge in [-0.15, -0.1) is 0 Å². The van der Waals surface area contributed by atoms with E-state index >= 15 is 0 Å². The molecular formula is C19H28BrNO2. The molecule has 0 radical (unpaired) electrons. The number of rotatable bonds is 6. The molecule has 4 heteroatoms. The summed E-state index contributed by atoms with van der Waals surface area (Å²) in [7, 11) is 0. The lowest BCUT2D eigenvalue weighted by Gasteiger charge is -2.26. The highest BCUT2D eigenvalue weighted by Crippen LogP contribution is 2.36. The zero-order chi connectivity index (χ0) is 15.9. The van der Waals surface area contributed by atoms with Gasteiger partial charge in [-0.05, 0) is 58.8 Å². The number of ether oxygens (including phenoxy) is 2. The largest absolute Gasteiger partial charge is 0.492 e. The molecule has 3 nitrogen and oxygen atoms in total. The van der Waals surface area contributed by atoms with Crippen LogP contribution in [0.5, 0.6) is 5.75 Å².